The first-order chi connectivity index (χ1) is 11.6. The summed E-state index contributed by atoms with van der Waals surface area (Å²) in [7, 11) is 0. The van der Waals surface area contributed by atoms with Crippen molar-refractivity contribution >= 4 is 17.5 Å². The number of urea groups is 1. The minimum absolute atomic E-state index is 0.0223. The average Bonchev–Trinajstić information content (AvgIpc) is 2.63. The van der Waals surface area contributed by atoms with Crippen molar-refractivity contribution in [2.45, 2.75) is 39.2 Å². The highest BCUT2D eigenvalue weighted by molar-refractivity contribution is 5.89. The van der Waals surface area contributed by atoms with E-state index in [4.69, 9.17) is 0 Å². The van der Waals surface area contributed by atoms with Crippen molar-refractivity contribution in [2.75, 3.05) is 49.5 Å². The van der Waals surface area contributed by atoms with E-state index in [9.17, 15) is 4.79 Å². The highest BCUT2D eigenvalue weighted by Crippen LogP contribution is 2.19. The lowest BCUT2D eigenvalue weighted by molar-refractivity contribution is 0.125. The first-order valence-electron chi connectivity index (χ1n) is 9.14. The number of piperazine rings is 1. The molecule has 6 heteroatoms. The summed E-state index contributed by atoms with van der Waals surface area (Å²) in [6.07, 6.45) is 5.56. The van der Waals surface area contributed by atoms with Crippen molar-refractivity contribution < 1.29 is 4.79 Å². The topological polar surface area (TPSA) is 51.7 Å². The molecule has 132 valence electrons. The molecular formula is C18H29N5O. The van der Waals surface area contributed by atoms with Crippen molar-refractivity contribution in [3.63, 3.8) is 0 Å². The van der Waals surface area contributed by atoms with Crippen molar-refractivity contribution in [3.05, 3.63) is 18.3 Å². The number of aromatic nitrogens is 1. The van der Waals surface area contributed by atoms with Gasteiger partial charge in [-0.25, -0.2) is 9.78 Å². The van der Waals surface area contributed by atoms with Crippen molar-refractivity contribution in [2.24, 2.45) is 0 Å². The van der Waals surface area contributed by atoms with Gasteiger partial charge in [0.2, 0.25) is 0 Å². The maximum absolute atomic E-state index is 12.4. The van der Waals surface area contributed by atoms with Crippen molar-refractivity contribution in [3.8, 4) is 0 Å². The first kappa shape index (κ1) is 17.0. The van der Waals surface area contributed by atoms with Crippen LogP contribution < -0.4 is 10.2 Å². The van der Waals surface area contributed by atoms with Crippen LogP contribution in [0.5, 0.6) is 0 Å². The molecule has 0 atom stereocenters. The second-order valence-electron chi connectivity index (χ2n) is 7.00. The average molecular weight is 331 g/mol. The minimum atomic E-state index is -0.0223. The summed E-state index contributed by atoms with van der Waals surface area (Å²) < 4.78 is 0. The van der Waals surface area contributed by atoms with E-state index in [1.165, 1.54) is 19.3 Å². The number of carbonyl (C=O) groups excluding carboxylic acids is 1. The zero-order chi connectivity index (χ0) is 16.9. The van der Waals surface area contributed by atoms with Crippen LogP contribution in [0.1, 0.15) is 33.1 Å². The molecule has 0 aliphatic carbocycles. The zero-order valence-electron chi connectivity index (χ0n) is 14.9. The molecule has 6 nitrogen and oxygen atoms in total. The first-order valence-corrected chi connectivity index (χ1v) is 9.14. The molecule has 2 saturated heterocycles. The standard InChI is InChI=1S/C18H29N5O/c1-15(2)21-10-12-23(13-11-21)18(24)20-16-6-7-17(19-14-16)22-8-4-3-5-9-22/h6-7,14-15H,3-5,8-13H2,1-2H3,(H,20,24). The molecule has 3 rings (SSSR count). The third-order valence-corrected chi connectivity index (χ3v) is 5.01. The van der Waals surface area contributed by atoms with Gasteiger partial charge in [0.05, 0.1) is 11.9 Å². The van der Waals surface area contributed by atoms with Crippen LogP contribution in [0.3, 0.4) is 0 Å². The van der Waals surface area contributed by atoms with Gasteiger partial charge in [-0.1, -0.05) is 0 Å². The van der Waals surface area contributed by atoms with Gasteiger partial charge in [0, 0.05) is 45.3 Å². The van der Waals surface area contributed by atoms with Gasteiger partial charge in [-0.05, 0) is 45.2 Å². The van der Waals surface area contributed by atoms with Gasteiger partial charge in [-0.2, -0.15) is 0 Å². The van der Waals surface area contributed by atoms with E-state index >= 15 is 0 Å². The van der Waals surface area contributed by atoms with Crippen LogP contribution in [0.4, 0.5) is 16.3 Å². The molecule has 0 spiro atoms. The summed E-state index contributed by atoms with van der Waals surface area (Å²) in [6, 6.07) is 4.49. The predicted molar refractivity (Wildman–Crippen MR) is 97.6 cm³/mol. The van der Waals surface area contributed by atoms with Crippen molar-refractivity contribution in [1.82, 2.24) is 14.8 Å². The molecule has 24 heavy (non-hydrogen) atoms. The maximum atomic E-state index is 12.4. The third kappa shape index (κ3) is 4.17. The molecule has 0 aromatic carbocycles. The van der Waals surface area contributed by atoms with Crippen LogP contribution in [0.25, 0.3) is 0 Å². The molecule has 3 heterocycles. The monoisotopic (exact) mass is 331 g/mol. The number of pyridine rings is 1. The molecule has 0 bridgehead atoms. The number of amides is 2. The smallest absolute Gasteiger partial charge is 0.321 e. The van der Waals surface area contributed by atoms with E-state index in [1.807, 2.05) is 17.0 Å². The summed E-state index contributed by atoms with van der Waals surface area (Å²) in [5.74, 6) is 1.01. The largest absolute Gasteiger partial charge is 0.357 e. The molecule has 2 amide bonds. The summed E-state index contributed by atoms with van der Waals surface area (Å²) in [6.45, 7) is 10.0. The Morgan fingerprint density at radius 2 is 1.75 bits per heavy atom. The van der Waals surface area contributed by atoms with Gasteiger partial charge < -0.3 is 15.1 Å². The predicted octanol–water partition coefficient (Wildman–Crippen LogP) is 2.63. The quantitative estimate of drug-likeness (QED) is 0.925. The van der Waals surface area contributed by atoms with E-state index in [0.717, 1.165) is 50.8 Å². The Morgan fingerprint density at radius 1 is 1.04 bits per heavy atom. The number of nitrogens with one attached hydrogen (secondary N) is 1. The molecule has 2 aliphatic rings. The molecule has 1 N–H and O–H groups in total. The fraction of sp³-hybridized carbons (Fsp3) is 0.667. The van der Waals surface area contributed by atoms with Crippen LogP contribution in [-0.4, -0.2) is 66.1 Å². The van der Waals surface area contributed by atoms with E-state index in [2.05, 4.69) is 33.9 Å². The van der Waals surface area contributed by atoms with Crippen molar-refractivity contribution in [1.29, 1.82) is 0 Å². The molecule has 1 aromatic heterocycles. The molecule has 0 unspecified atom stereocenters. The second-order valence-corrected chi connectivity index (χ2v) is 7.00. The Labute approximate surface area is 144 Å². The maximum Gasteiger partial charge on any atom is 0.321 e. The normalized spacial score (nSPS) is 19.6. The Hall–Kier alpha value is -1.82. The molecule has 2 fully saturated rings. The van der Waals surface area contributed by atoms with Crippen LogP contribution in [-0.2, 0) is 0 Å². The Balaban J connectivity index is 1.51. The Kier molecular flexibility index (Phi) is 5.56. The zero-order valence-corrected chi connectivity index (χ0v) is 14.9. The fourth-order valence-electron chi connectivity index (χ4n) is 3.41. The number of nitrogens with zero attached hydrogens (tertiary/aromatic N) is 4. The van der Waals surface area contributed by atoms with Gasteiger partial charge in [-0.15, -0.1) is 0 Å². The van der Waals surface area contributed by atoms with Gasteiger partial charge in [0.1, 0.15) is 5.82 Å². The Morgan fingerprint density at radius 3 is 2.33 bits per heavy atom. The number of rotatable bonds is 3. The van der Waals surface area contributed by atoms with Crippen LogP contribution in [0.15, 0.2) is 18.3 Å². The molecule has 0 radical (unpaired) electrons. The van der Waals surface area contributed by atoms with Gasteiger partial charge >= 0.3 is 6.03 Å². The van der Waals surface area contributed by atoms with Crippen LogP contribution >= 0.6 is 0 Å². The highest BCUT2D eigenvalue weighted by Gasteiger charge is 2.22. The summed E-state index contributed by atoms with van der Waals surface area (Å²) in [5.41, 5.74) is 0.770. The lowest BCUT2D eigenvalue weighted by Gasteiger charge is -2.36. The summed E-state index contributed by atoms with van der Waals surface area (Å²) in [5, 5.41) is 2.97. The number of piperidine rings is 1. The summed E-state index contributed by atoms with van der Waals surface area (Å²) in [4.78, 5) is 23.5. The number of anilines is 2. The SMILES string of the molecule is CC(C)N1CCN(C(=O)Nc2ccc(N3CCCCC3)nc2)CC1. The lowest BCUT2D eigenvalue weighted by atomic mass is 10.1. The van der Waals surface area contributed by atoms with E-state index in [-0.39, 0.29) is 6.03 Å². The van der Waals surface area contributed by atoms with Crippen LogP contribution in [0, 0.1) is 0 Å². The molecule has 2 aliphatic heterocycles. The third-order valence-electron chi connectivity index (χ3n) is 5.01. The number of carbonyl (C=O) groups is 1. The Bertz CT molecular complexity index is 531. The van der Waals surface area contributed by atoms with Gasteiger partial charge in [-0.3, -0.25) is 4.90 Å². The number of hydrogen-bond acceptors (Lipinski definition) is 4. The van der Waals surface area contributed by atoms with E-state index in [0.29, 0.717) is 6.04 Å². The molecular weight excluding hydrogens is 302 g/mol. The lowest BCUT2D eigenvalue weighted by Crippen LogP contribution is -2.51. The van der Waals surface area contributed by atoms with Crippen LogP contribution in [0.2, 0.25) is 0 Å². The minimum Gasteiger partial charge on any atom is -0.357 e. The number of hydrogen-bond donors (Lipinski definition) is 1. The van der Waals surface area contributed by atoms with Gasteiger partial charge in [0.25, 0.3) is 0 Å². The van der Waals surface area contributed by atoms with E-state index < -0.39 is 0 Å². The molecule has 1 aromatic rings. The highest BCUT2D eigenvalue weighted by atomic mass is 16.2. The molecule has 0 saturated carbocycles. The second kappa shape index (κ2) is 7.83. The van der Waals surface area contributed by atoms with E-state index in [1.54, 1.807) is 6.20 Å². The van der Waals surface area contributed by atoms with Gasteiger partial charge in [0.15, 0.2) is 0 Å². The fourth-order valence-corrected chi connectivity index (χ4v) is 3.41. The summed E-state index contributed by atoms with van der Waals surface area (Å²) >= 11 is 0.